The smallest absolute Gasteiger partial charge is 0.338 e. The van der Waals surface area contributed by atoms with Gasteiger partial charge in [-0.15, -0.1) is 0 Å². The number of hydrogen-bond donors (Lipinski definition) is 1. The summed E-state index contributed by atoms with van der Waals surface area (Å²) in [5.74, 6) is -0.153. The van der Waals surface area contributed by atoms with Crippen molar-refractivity contribution < 1.29 is 14.6 Å². The molecule has 1 N–H and O–H groups in total. The van der Waals surface area contributed by atoms with Crippen LogP contribution in [-0.4, -0.2) is 23.8 Å². The van der Waals surface area contributed by atoms with E-state index in [4.69, 9.17) is 4.74 Å². The standard InChI is InChI=1S/C13H26O3/c1-9(2)7-8-11(5)13(15,10(3)4)12(14)16-6/h9-11,15H,7-8H2,1-6H3. The molecule has 0 aromatic heterocycles. The van der Waals surface area contributed by atoms with Crippen LogP contribution in [0.1, 0.15) is 47.5 Å². The van der Waals surface area contributed by atoms with Crippen LogP contribution < -0.4 is 0 Å². The van der Waals surface area contributed by atoms with E-state index in [1.807, 2.05) is 20.8 Å². The van der Waals surface area contributed by atoms with Crippen LogP contribution in [0.5, 0.6) is 0 Å². The van der Waals surface area contributed by atoms with Crippen molar-refractivity contribution in [2.75, 3.05) is 7.11 Å². The molecule has 3 nitrogen and oxygen atoms in total. The zero-order chi connectivity index (χ0) is 12.9. The normalized spacial score (nSPS) is 17.3. The minimum absolute atomic E-state index is 0.0812. The quantitative estimate of drug-likeness (QED) is 0.713. The van der Waals surface area contributed by atoms with E-state index in [-0.39, 0.29) is 11.8 Å². The van der Waals surface area contributed by atoms with Crippen LogP contribution in [0.25, 0.3) is 0 Å². The van der Waals surface area contributed by atoms with Crippen LogP contribution in [-0.2, 0) is 9.53 Å². The molecule has 0 saturated carbocycles. The molecular formula is C13H26O3. The van der Waals surface area contributed by atoms with Crippen LogP contribution >= 0.6 is 0 Å². The first kappa shape index (κ1) is 15.4. The largest absolute Gasteiger partial charge is 0.467 e. The maximum absolute atomic E-state index is 11.7. The summed E-state index contributed by atoms with van der Waals surface area (Å²) in [4.78, 5) is 11.7. The number of esters is 1. The summed E-state index contributed by atoms with van der Waals surface area (Å²) in [5.41, 5.74) is -1.36. The molecule has 0 spiro atoms. The third kappa shape index (κ3) is 3.48. The summed E-state index contributed by atoms with van der Waals surface area (Å²) in [7, 11) is 1.32. The second-order valence-corrected chi connectivity index (χ2v) is 5.34. The van der Waals surface area contributed by atoms with Gasteiger partial charge >= 0.3 is 5.97 Å². The molecule has 16 heavy (non-hydrogen) atoms. The van der Waals surface area contributed by atoms with Gasteiger partial charge in [-0.05, 0) is 24.2 Å². The summed E-state index contributed by atoms with van der Waals surface area (Å²) in [5, 5.41) is 10.5. The van der Waals surface area contributed by atoms with Crippen molar-refractivity contribution in [2.24, 2.45) is 17.8 Å². The van der Waals surface area contributed by atoms with E-state index < -0.39 is 11.6 Å². The van der Waals surface area contributed by atoms with Crippen LogP contribution in [0.15, 0.2) is 0 Å². The summed E-state index contributed by atoms with van der Waals surface area (Å²) in [6.07, 6.45) is 1.84. The Bertz CT molecular complexity index is 223. The Balaban J connectivity index is 4.70. The zero-order valence-corrected chi connectivity index (χ0v) is 11.4. The molecule has 2 atom stereocenters. The Morgan fingerprint density at radius 2 is 1.69 bits per heavy atom. The predicted molar refractivity (Wildman–Crippen MR) is 65.0 cm³/mol. The van der Waals surface area contributed by atoms with Gasteiger partial charge in [-0.25, -0.2) is 4.79 Å². The molecule has 0 saturated heterocycles. The molecule has 0 fully saturated rings. The molecule has 0 aromatic carbocycles. The first-order chi connectivity index (χ1) is 7.26. The molecule has 0 aromatic rings. The van der Waals surface area contributed by atoms with Crippen molar-refractivity contribution in [1.29, 1.82) is 0 Å². The Morgan fingerprint density at radius 1 is 1.19 bits per heavy atom. The van der Waals surface area contributed by atoms with Crippen molar-refractivity contribution in [2.45, 2.75) is 53.1 Å². The number of carbonyl (C=O) groups excluding carboxylic acids is 1. The molecule has 2 unspecified atom stereocenters. The van der Waals surface area contributed by atoms with Crippen LogP contribution in [0.3, 0.4) is 0 Å². The lowest BCUT2D eigenvalue weighted by atomic mass is 9.76. The summed E-state index contributed by atoms with van der Waals surface area (Å²) >= 11 is 0. The SMILES string of the molecule is COC(=O)C(O)(C(C)C)C(C)CCC(C)C. The van der Waals surface area contributed by atoms with Gasteiger partial charge in [-0.2, -0.15) is 0 Å². The molecule has 0 aliphatic carbocycles. The number of aliphatic hydroxyl groups is 1. The lowest BCUT2D eigenvalue weighted by molar-refractivity contribution is -0.175. The Morgan fingerprint density at radius 3 is 2.00 bits per heavy atom. The van der Waals surface area contributed by atoms with Gasteiger partial charge in [0, 0.05) is 0 Å². The van der Waals surface area contributed by atoms with Crippen molar-refractivity contribution in [3.05, 3.63) is 0 Å². The average Bonchev–Trinajstić information content (AvgIpc) is 2.22. The van der Waals surface area contributed by atoms with Gasteiger partial charge in [-0.3, -0.25) is 0 Å². The van der Waals surface area contributed by atoms with Gasteiger partial charge in [-0.1, -0.05) is 41.0 Å². The molecule has 0 bridgehead atoms. The number of ether oxygens (including phenoxy) is 1. The van der Waals surface area contributed by atoms with Gasteiger partial charge < -0.3 is 9.84 Å². The molecule has 96 valence electrons. The van der Waals surface area contributed by atoms with Crippen molar-refractivity contribution in [1.82, 2.24) is 0 Å². The van der Waals surface area contributed by atoms with Gasteiger partial charge in [0.25, 0.3) is 0 Å². The molecule has 0 radical (unpaired) electrons. The van der Waals surface area contributed by atoms with Gasteiger partial charge in [0.2, 0.25) is 0 Å². The van der Waals surface area contributed by atoms with E-state index in [1.54, 1.807) is 0 Å². The van der Waals surface area contributed by atoms with Crippen molar-refractivity contribution in [3.8, 4) is 0 Å². The second kappa shape index (κ2) is 6.24. The van der Waals surface area contributed by atoms with E-state index in [2.05, 4.69) is 13.8 Å². The highest BCUT2D eigenvalue weighted by Gasteiger charge is 2.45. The number of carbonyl (C=O) groups is 1. The topological polar surface area (TPSA) is 46.5 Å². The average molecular weight is 230 g/mol. The third-order valence-corrected chi connectivity index (χ3v) is 3.32. The van der Waals surface area contributed by atoms with Crippen LogP contribution in [0.2, 0.25) is 0 Å². The fraction of sp³-hybridized carbons (Fsp3) is 0.923. The minimum Gasteiger partial charge on any atom is -0.467 e. The maximum Gasteiger partial charge on any atom is 0.338 e. The van der Waals surface area contributed by atoms with E-state index in [0.717, 1.165) is 12.8 Å². The van der Waals surface area contributed by atoms with Crippen LogP contribution in [0.4, 0.5) is 0 Å². The Hall–Kier alpha value is -0.570. The number of rotatable bonds is 6. The van der Waals surface area contributed by atoms with E-state index in [9.17, 15) is 9.90 Å². The highest BCUT2D eigenvalue weighted by molar-refractivity contribution is 5.79. The summed E-state index contributed by atoms with van der Waals surface area (Å²) in [6, 6.07) is 0. The summed E-state index contributed by atoms with van der Waals surface area (Å²) < 4.78 is 4.72. The first-order valence-corrected chi connectivity index (χ1v) is 6.07. The molecular weight excluding hydrogens is 204 g/mol. The Kier molecular flexibility index (Phi) is 6.01. The van der Waals surface area contributed by atoms with Gasteiger partial charge in [0.15, 0.2) is 5.60 Å². The molecule has 0 rings (SSSR count). The lowest BCUT2D eigenvalue weighted by Crippen LogP contribution is -2.50. The highest BCUT2D eigenvalue weighted by Crippen LogP contribution is 2.31. The Labute approximate surface area is 99.2 Å². The van der Waals surface area contributed by atoms with E-state index in [0.29, 0.717) is 5.92 Å². The molecule has 0 amide bonds. The summed E-state index contributed by atoms with van der Waals surface area (Å²) in [6.45, 7) is 9.89. The van der Waals surface area contributed by atoms with Crippen molar-refractivity contribution >= 4 is 5.97 Å². The minimum atomic E-state index is -1.36. The van der Waals surface area contributed by atoms with E-state index >= 15 is 0 Å². The monoisotopic (exact) mass is 230 g/mol. The van der Waals surface area contributed by atoms with Crippen molar-refractivity contribution in [3.63, 3.8) is 0 Å². The van der Waals surface area contributed by atoms with Crippen LogP contribution in [0, 0.1) is 17.8 Å². The fourth-order valence-electron chi connectivity index (χ4n) is 1.97. The molecule has 0 aliphatic rings. The third-order valence-electron chi connectivity index (χ3n) is 3.32. The fourth-order valence-corrected chi connectivity index (χ4v) is 1.97. The maximum atomic E-state index is 11.7. The lowest BCUT2D eigenvalue weighted by Gasteiger charge is -2.35. The molecule has 0 heterocycles. The van der Waals surface area contributed by atoms with Gasteiger partial charge in [0.1, 0.15) is 0 Å². The highest BCUT2D eigenvalue weighted by atomic mass is 16.5. The second-order valence-electron chi connectivity index (χ2n) is 5.34. The molecule has 3 heteroatoms. The predicted octanol–water partition coefficient (Wildman–Crippen LogP) is 2.62. The van der Waals surface area contributed by atoms with E-state index in [1.165, 1.54) is 7.11 Å². The van der Waals surface area contributed by atoms with Gasteiger partial charge in [0.05, 0.1) is 7.11 Å². The zero-order valence-electron chi connectivity index (χ0n) is 11.4. The first-order valence-electron chi connectivity index (χ1n) is 6.07. The number of methoxy groups -OCH3 is 1. The molecule has 0 aliphatic heterocycles. The number of hydrogen-bond acceptors (Lipinski definition) is 3.